The maximum absolute atomic E-state index is 11.1. The normalized spacial score (nSPS) is 12.7. The van der Waals surface area contributed by atoms with Crippen molar-refractivity contribution in [3.63, 3.8) is 0 Å². The van der Waals surface area contributed by atoms with Crippen LogP contribution in [0.1, 0.15) is 29.5 Å². The number of nitrogens with zero attached hydrogens (tertiary/aromatic N) is 2. The summed E-state index contributed by atoms with van der Waals surface area (Å²) in [5.74, 6) is 0.637. The lowest BCUT2D eigenvalue weighted by Crippen LogP contribution is -2.07. The molecule has 0 bridgehead atoms. The molecule has 2 rings (SSSR count). The molecule has 0 aliphatic heterocycles. The Kier molecular flexibility index (Phi) is 4.54. The van der Waals surface area contributed by atoms with Gasteiger partial charge in [-0.25, -0.2) is 9.78 Å². The highest BCUT2D eigenvalue weighted by Gasteiger charge is 2.12. The van der Waals surface area contributed by atoms with Crippen LogP contribution in [0.5, 0.6) is 0 Å². The first-order valence-corrected chi connectivity index (χ1v) is 8.28. The van der Waals surface area contributed by atoms with E-state index in [9.17, 15) is 9.00 Å². The predicted octanol–water partition coefficient (Wildman–Crippen LogP) is 2.07. The Morgan fingerprint density at radius 1 is 1.45 bits per heavy atom. The number of hydrogen-bond acceptors (Lipinski definition) is 3. The third-order valence-corrected chi connectivity index (χ3v) is 4.07. The van der Waals surface area contributed by atoms with Crippen molar-refractivity contribution in [1.29, 1.82) is 0 Å². The highest BCUT2D eigenvalue weighted by atomic mass is 32.2. The van der Waals surface area contributed by atoms with Crippen LogP contribution in [0, 0.1) is 0 Å². The molecule has 0 fully saturated rings. The van der Waals surface area contributed by atoms with Crippen LogP contribution in [-0.2, 0) is 23.8 Å². The van der Waals surface area contributed by atoms with Crippen molar-refractivity contribution in [1.82, 2.24) is 9.55 Å². The summed E-state index contributed by atoms with van der Waals surface area (Å²) in [5.41, 5.74) is 1.91. The van der Waals surface area contributed by atoms with Crippen molar-refractivity contribution in [2.45, 2.75) is 26.3 Å². The molecule has 0 saturated carbocycles. The second kappa shape index (κ2) is 6.17. The summed E-state index contributed by atoms with van der Waals surface area (Å²) in [6.45, 7) is 2.73. The lowest BCUT2D eigenvalue weighted by Gasteiger charge is -2.07. The number of aromatic nitrogens is 2. The van der Waals surface area contributed by atoms with E-state index >= 15 is 0 Å². The van der Waals surface area contributed by atoms with Gasteiger partial charge in [0.15, 0.2) is 0 Å². The zero-order chi connectivity index (χ0) is 14.7. The molecule has 1 atom stereocenters. The first-order chi connectivity index (χ1) is 9.52. The van der Waals surface area contributed by atoms with E-state index < -0.39 is 16.8 Å². The van der Waals surface area contributed by atoms with E-state index in [4.69, 9.17) is 5.11 Å². The number of carbonyl (C=O) groups is 1. The maximum atomic E-state index is 11.1. The zero-order valence-corrected chi connectivity index (χ0v) is 12.4. The van der Waals surface area contributed by atoms with Gasteiger partial charge in [-0.1, -0.05) is 6.92 Å². The lowest BCUT2D eigenvalue weighted by atomic mass is 10.2. The molecule has 108 valence electrons. The number of aryl methyl sites for hydroxylation is 2. The average molecular weight is 294 g/mol. The molecule has 1 unspecified atom stereocenters. The van der Waals surface area contributed by atoms with E-state index in [1.54, 1.807) is 24.5 Å². The molecule has 1 N–H and O–H groups in total. The van der Waals surface area contributed by atoms with Crippen LogP contribution >= 0.6 is 0 Å². The van der Waals surface area contributed by atoms with Crippen molar-refractivity contribution in [2.24, 2.45) is 0 Å². The van der Waals surface area contributed by atoms with Gasteiger partial charge in [-0.2, -0.15) is 0 Å². The van der Waals surface area contributed by atoms with Crippen LogP contribution in [0.25, 0.3) is 11.0 Å². The Labute approximate surface area is 120 Å². The Hall–Kier alpha value is -1.69. The monoisotopic (exact) mass is 294 g/mol. The Balaban J connectivity index is 2.40. The summed E-state index contributed by atoms with van der Waals surface area (Å²) >= 11 is 0. The van der Waals surface area contributed by atoms with Crippen molar-refractivity contribution in [3.05, 3.63) is 29.6 Å². The van der Waals surface area contributed by atoms with Gasteiger partial charge < -0.3 is 9.67 Å². The zero-order valence-electron chi connectivity index (χ0n) is 11.6. The maximum Gasteiger partial charge on any atom is 0.335 e. The van der Waals surface area contributed by atoms with Crippen molar-refractivity contribution >= 4 is 27.8 Å². The van der Waals surface area contributed by atoms with E-state index in [1.807, 2.05) is 11.5 Å². The second-order valence-electron chi connectivity index (χ2n) is 4.67. The van der Waals surface area contributed by atoms with Gasteiger partial charge in [-0.3, -0.25) is 4.21 Å². The van der Waals surface area contributed by atoms with Crippen LogP contribution < -0.4 is 0 Å². The predicted molar refractivity (Wildman–Crippen MR) is 79.6 cm³/mol. The number of carboxylic acids is 1. The molecule has 1 heterocycles. The van der Waals surface area contributed by atoms with Gasteiger partial charge >= 0.3 is 5.97 Å². The number of aromatic carboxylic acids is 1. The van der Waals surface area contributed by atoms with Crippen LogP contribution in [0.15, 0.2) is 18.2 Å². The molecule has 0 spiro atoms. The molecule has 0 saturated heterocycles. The van der Waals surface area contributed by atoms with Crippen molar-refractivity contribution < 1.29 is 14.1 Å². The summed E-state index contributed by atoms with van der Waals surface area (Å²) in [6.07, 6.45) is 3.26. The molecule has 5 nitrogen and oxygen atoms in total. The number of fused-ring (bicyclic) bond motifs is 1. The third kappa shape index (κ3) is 3.07. The van der Waals surface area contributed by atoms with Crippen LogP contribution in [0.4, 0.5) is 0 Å². The largest absolute Gasteiger partial charge is 0.478 e. The molecule has 0 aliphatic rings. The number of imidazole rings is 1. The molecule has 1 aromatic heterocycles. The average Bonchev–Trinajstić information content (AvgIpc) is 2.75. The first kappa shape index (κ1) is 14.7. The van der Waals surface area contributed by atoms with Crippen LogP contribution in [0.2, 0.25) is 0 Å². The summed E-state index contributed by atoms with van der Waals surface area (Å²) in [7, 11) is -0.809. The molecule has 6 heteroatoms. The van der Waals surface area contributed by atoms with Gasteiger partial charge in [0.1, 0.15) is 5.82 Å². The van der Waals surface area contributed by atoms with Gasteiger partial charge in [0.25, 0.3) is 0 Å². The fourth-order valence-corrected chi connectivity index (χ4v) is 2.79. The van der Waals surface area contributed by atoms with Crippen molar-refractivity contribution in [3.8, 4) is 0 Å². The number of benzene rings is 1. The Morgan fingerprint density at radius 2 is 2.20 bits per heavy atom. The van der Waals surface area contributed by atoms with Gasteiger partial charge in [0, 0.05) is 35.8 Å². The Morgan fingerprint density at radius 3 is 2.80 bits per heavy atom. The van der Waals surface area contributed by atoms with E-state index in [2.05, 4.69) is 4.98 Å². The summed E-state index contributed by atoms with van der Waals surface area (Å²) in [5, 5.41) is 9.08. The molecular weight excluding hydrogens is 276 g/mol. The van der Waals surface area contributed by atoms with E-state index in [1.165, 1.54) is 0 Å². The fraction of sp³-hybridized carbons (Fsp3) is 0.429. The van der Waals surface area contributed by atoms with Gasteiger partial charge in [0.05, 0.1) is 16.6 Å². The third-order valence-electron chi connectivity index (χ3n) is 3.20. The highest BCUT2D eigenvalue weighted by molar-refractivity contribution is 7.84. The fourth-order valence-electron chi connectivity index (χ4n) is 2.25. The van der Waals surface area contributed by atoms with E-state index in [-0.39, 0.29) is 5.56 Å². The quantitative estimate of drug-likeness (QED) is 0.885. The number of rotatable bonds is 6. The highest BCUT2D eigenvalue weighted by Crippen LogP contribution is 2.19. The van der Waals surface area contributed by atoms with Crippen molar-refractivity contribution in [2.75, 3.05) is 12.0 Å². The molecule has 0 aliphatic carbocycles. The second-order valence-corrected chi connectivity index (χ2v) is 6.23. The van der Waals surface area contributed by atoms with E-state index in [0.717, 1.165) is 29.7 Å². The minimum atomic E-state index is -0.938. The number of carboxylic acid groups (broad SMARTS) is 1. The van der Waals surface area contributed by atoms with Crippen LogP contribution in [-0.4, -0.2) is 36.8 Å². The molecule has 2 aromatic rings. The minimum Gasteiger partial charge on any atom is -0.478 e. The van der Waals surface area contributed by atoms with Gasteiger partial charge in [-0.05, 0) is 24.6 Å². The minimum absolute atomic E-state index is 0.264. The summed E-state index contributed by atoms with van der Waals surface area (Å²) in [6, 6.07) is 4.97. The van der Waals surface area contributed by atoms with E-state index in [0.29, 0.717) is 12.3 Å². The molecule has 1 aromatic carbocycles. The standard InChI is InChI=1S/C14H18N2O3S/c1-3-13-15-11-6-5-10(14(17)18)9-12(11)16(13)7-4-8-20(2)19/h5-6,9H,3-4,7-8H2,1-2H3,(H,17,18). The molecular formula is C14H18N2O3S. The summed E-state index contributed by atoms with van der Waals surface area (Å²) < 4.78 is 13.2. The molecule has 0 amide bonds. The smallest absolute Gasteiger partial charge is 0.335 e. The van der Waals surface area contributed by atoms with Crippen LogP contribution in [0.3, 0.4) is 0 Å². The SMILES string of the molecule is CCc1nc2ccc(C(=O)O)cc2n1CCCS(C)=O. The molecule has 20 heavy (non-hydrogen) atoms. The topological polar surface area (TPSA) is 72.2 Å². The number of hydrogen-bond donors (Lipinski definition) is 1. The summed E-state index contributed by atoms with van der Waals surface area (Å²) in [4.78, 5) is 15.6. The lowest BCUT2D eigenvalue weighted by molar-refractivity contribution is 0.0697. The van der Waals surface area contributed by atoms with Gasteiger partial charge in [0.2, 0.25) is 0 Å². The molecule has 0 radical (unpaired) electrons. The van der Waals surface area contributed by atoms with Gasteiger partial charge in [-0.15, -0.1) is 0 Å². The first-order valence-electron chi connectivity index (χ1n) is 6.55. The Bertz CT molecular complexity index is 664.